The molecule has 4 nitrogen and oxygen atoms in total. The van der Waals surface area contributed by atoms with Crippen molar-refractivity contribution in [1.82, 2.24) is 9.71 Å². The van der Waals surface area contributed by atoms with Crippen molar-refractivity contribution in [1.29, 1.82) is 0 Å². The lowest BCUT2D eigenvalue weighted by molar-refractivity contribution is 0.577. The summed E-state index contributed by atoms with van der Waals surface area (Å²) < 4.78 is 25.9. The van der Waals surface area contributed by atoms with E-state index in [9.17, 15) is 8.42 Å². The molecule has 0 radical (unpaired) electrons. The molecule has 0 aromatic carbocycles. The van der Waals surface area contributed by atoms with Crippen molar-refractivity contribution in [2.24, 2.45) is 5.92 Å². The molecule has 1 saturated carbocycles. The van der Waals surface area contributed by atoms with Crippen molar-refractivity contribution in [3.05, 3.63) is 23.5 Å². The highest BCUT2D eigenvalue weighted by Gasteiger charge is 2.24. The fourth-order valence-corrected chi connectivity index (χ4v) is 2.33. The fraction of sp³-hybridized carbons (Fsp3) is 0.444. The highest BCUT2D eigenvalue weighted by Crippen LogP contribution is 2.28. The molecule has 15 heavy (non-hydrogen) atoms. The molecule has 2 rings (SSSR count). The van der Waals surface area contributed by atoms with Crippen molar-refractivity contribution in [3.63, 3.8) is 0 Å². The van der Waals surface area contributed by atoms with E-state index in [4.69, 9.17) is 11.6 Å². The van der Waals surface area contributed by atoms with E-state index in [1.807, 2.05) is 0 Å². The van der Waals surface area contributed by atoms with Gasteiger partial charge in [0.15, 0.2) is 0 Å². The average molecular weight is 247 g/mol. The summed E-state index contributed by atoms with van der Waals surface area (Å²) in [5.74, 6) is 0.514. The lowest BCUT2D eigenvalue weighted by atomic mass is 10.4. The zero-order valence-electron chi connectivity index (χ0n) is 7.98. The molecule has 0 saturated heterocycles. The van der Waals surface area contributed by atoms with Crippen LogP contribution in [-0.4, -0.2) is 19.9 Å². The summed E-state index contributed by atoms with van der Waals surface area (Å²) in [5.41, 5.74) is 0. The van der Waals surface area contributed by atoms with Gasteiger partial charge >= 0.3 is 0 Å². The number of rotatable bonds is 4. The van der Waals surface area contributed by atoms with Crippen LogP contribution in [0.25, 0.3) is 0 Å². The van der Waals surface area contributed by atoms with Crippen molar-refractivity contribution < 1.29 is 8.42 Å². The van der Waals surface area contributed by atoms with Crippen molar-refractivity contribution in [3.8, 4) is 0 Å². The largest absolute Gasteiger partial charge is 0.243 e. The van der Waals surface area contributed by atoms with Gasteiger partial charge in [0.2, 0.25) is 10.0 Å². The van der Waals surface area contributed by atoms with E-state index in [1.54, 1.807) is 0 Å². The standard InChI is InChI=1S/C9H11ClN2O2S/c10-9-4-3-8(6-11-9)15(13,14)12-5-7-1-2-7/h3-4,6-7,12H,1-2,5H2. The predicted octanol–water partition coefficient (Wildman–Crippen LogP) is 1.42. The Labute approximate surface area is 93.7 Å². The van der Waals surface area contributed by atoms with E-state index >= 15 is 0 Å². The minimum absolute atomic E-state index is 0.160. The molecule has 1 N–H and O–H groups in total. The van der Waals surface area contributed by atoms with Gasteiger partial charge in [-0.2, -0.15) is 0 Å². The zero-order valence-corrected chi connectivity index (χ0v) is 9.55. The second-order valence-electron chi connectivity index (χ2n) is 3.61. The van der Waals surface area contributed by atoms with Crippen LogP contribution in [0, 0.1) is 5.92 Å². The Hall–Kier alpha value is -0.650. The van der Waals surface area contributed by atoms with Gasteiger partial charge in [-0.25, -0.2) is 18.1 Å². The predicted molar refractivity (Wildman–Crippen MR) is 57.2 cm³/mol. The lowest BCUT2D eigenvalue weighted by Crippen LogP contribution is -2.25. The maximum absolute atomic E-state index is 11.7. The van der Waals surface area contributed by atoms with Crippen molar-refractivity contribution in [2.75, 3.05) is 6.54 Å². The van der Waals surface area contributed by atoms with E-state index in [1.165, 1.54) is 18.3 Å². The van der Waals surface area contributed by atoms with Gasteiger partial charge in [0, 0.05) is 12.7 Å². The van der Waals surface area contributed by atoms with Crippen LogP contribution in [0.1, 0.15) is 12.8 Å². The third-order valence-electron chi connectivity index (χ3n) is 2.27. The lowest BCUT2D eigenvalue weighted by Gasteiger charge is -2.04. The van der Waals surface area contributed by atoms with E-state index in [-0.39, 0.29) is 10.0 Å². The monoisotopic (exact) mass is 246 g/mol. The van der Waals surface area contributed by atoms with Gasteiger partial charge in [-0.3, -0.25) is 0 Å². The van der Waals surface area contributed by atoms with Crippen LogP contribution in [0.2, 0.25) is 5.15 Å². The summed E-state index contributed by atoms with van der Waals surface area (Å²) in [4.78, 5) is 3.89. The van der Waals surface area contributed by atoms with Crippen LogP contribution in [0.5, 0.6) is 0 Å². The molecule has 0 unspecified atom stereocenters. The van der Waals surface area contributed by atoms with Crippen molar-refractivity contribution in [2.45, 2.75) is 17.7 Å². The Kier molecular flexibility index (Phi) is 2.95. The quantitative estimate of drug-likeness (QED) is 0.818. The highest BCUT2D eigenvalue weighted by molar-refractivity contribution is 7.89. The first-order valence-electron chi connectivity index (χ1n) is 4.69. The Morgan fingerprint density at radius 3 is 2.73 bits per heavy atom. The maximum atomic E-state index is 11.7. The van der Waals surface area contributed by atoms with Crippen LogP contribution in [-0.2, 0) is 10.0 Å². The van der Waals surface area contributed by atoms with Gasteiger partial charge in [-0.05, 0) is 30.9 Å². The number of hydrogen-bond donors (Lipinski definition) is 1. The molecule has 1 aromatic rings. The molecular weight excluding hydrogens is 236 g/mol. The topological polar surface area (TPSA) is 59.1 Å². The maximum Gasteiger partial charge on any atom is 0.242 e. The molecule has 1 fully saturated rings. The van der Waals surface area contributed by atoms with Crippen LogP contribution >= 0.6 is 11.6 Å². The van der Waals surface area contributed by atoms with E-state index in [0.29, 0.717) is 12.5 Å². The SMILES string of the molecule is O=S(=O)(NCC1CC1)c1ccc(Cl)nc1. The normalized spacial score (nSPS) is 16.6. The molecule has 0 spiro atoms. The smallest absolute Gasteiger partial charge is 0.242 e. The second kappa shape index (κ2) is 4.08. The minimum Gasteiger partial charge on any atom is -0.243 e. The third-order valence-corrected chi connectivity index (χ3v) is 3.90. The summed E-state index contributed by atoms with van der Waals surface area (Å²) in [6.45, 7) is 0.519. The molecular formula is C9H11ClN2O2S. The number of nitrogens with zero attached hydrogens (tertiary/aromatic N) is 1. The van der Waals surface area contributed by atoms with Gasteiger partial charge in [-0.15, -0.1) is 0 Å². The number of halogens is 1. The Morgan fingerprint density at radius 2 is 2.20 bits per heavy atom. The van der Waals surface area contributed by atoms with Crippen LogP contribution in [0.4, 0.5) is 0 Å². The Morgan fingerprint density at radius 1 is 1.47 bits per heavy atom. The summed E-state index contributed by atoms with van der Waals surface area (Å²) in [6.07, 6.45) is 3.49. The fourth-order valence-electron chi connectivity index (χ4n) is 1.15. The van der Waals surface area contributed by atoms with Gasteiger partial charge in [0.25, 0.3) is 0 Å². The van der Waals surface area contributed by atoms with Crippen molar-refractivity contribution >= 4 is 21.6 Å². The molecule has 1 aliphatic carbocycles. The Balaban J connectivity index is 2.09. The highest BCUT2D eigenvalue weighted by atomic mass is 35.5. The van der Waals surface area contributed by atoms with Gasteiger partial charge in [0.1, 0.15) is 10.0 Å². The van der Waals surface area contributed by atoms with E-state index < -0.39 is 10.0 Å². The van der Waals surface area contributed by atoms with Crippen LogP contribution in [0.3, 0.4) is 0 Å². The third kappa shape index (κ3) is 2.90. The minimum atomic E-state index is -3.40. The molecule has 0 amide bonds. The first kappa shape index (κ1) is 10.9. The first-order chi connectivity index (χ1) is 7.08. The van der Waals surface area contributed by atoms with Gasteiger partial charge in [0.05, 0.1) is 0 Å². The molecule has 6 heteroatoms. The molecule has 1 aliphatic rings. The second-order valence-corrected chi connectivity index (χ2v) is 5.77. The van der Waals surface area contributed by atoms with Crippen LogP contribution < -0.4 is 4.72 Å². The summed E-state index contributed by atoms with van der Waals surface area (Å²) in [7, 11) is -3.40. The molecule has 1 aromatic heterocycles. The molecule has 0 atom stereocenters. The zero-order chi connectivity index (χ0) is 10.9. The average Bonchev–Trinajstić information content (AvgIpc) is 2.99. The van der Waals surface area contributed by atoms with Gasteiger partial charge < -0.3 is 0 Å². The summed E-state index contributed by atoms with van der Waals surface area (Å²) in [5, 5.41) is 0.288. The van der Waals surface area contributed by atoms with Crippen LogP contribution in [0.15, 0.2) is 23.2 Å². The summed E-state index contributed by atoms with van der Waals surface area (Å²) in [6, 6.07) is 2.91. The van der Waals surface area contributed by atoms with Gasteiger partial charge in [-0.1, -0.05) is 11.6 Å². The van der Waals surface area contributed by atoms with E-state index in [2.05, 4.69) is 9.71 Å². The Bertz CT molecular complexity index is 440. The molecule has 0 bridgehead atoms. The number of aromatic nitrogens is 1. The molecule has 0 aliphatic heterocycles. The summed E-state index contributed by atoms with van der Waals surface area (Å²) >= 11 is 5.57. The molecule has 1 heterocycles. The van der Waals surface area contributed by atoms with E-state index in [0.717, 1.165) is 12.8 Å². The number of sulfonamides is 1. The molecule has 82 valence electrons. The first-order valence-corrected chi connectivity index (χ1v) is 6.55. The number of nitrogens with one attached hydrogen (secondary N) is 1. The number of pyridine rings is 1. The number of hydrogen-bond acceptors (Lipinski definition) is 3.